The Morgan fingerprint density at radius 1 is 0.784 bits per heavy atom. The molecule has 1 aliphatic heterocycles. The van der Waals surface area contributed by atoms with Crippen molar-refractivity contribution in [1.29, 1.82) is 0 Å². The van der Waals surface area contributed by atoms with Gasteiger partial charge in [-0.2, -0.15) is 0 Å². The molecule has 37 heavy (non-hydrogen) atoms. The van der Waals surface area contributed by atoms with Crippen LogP contribution in [0.1, 0.15) is 46.5 Å². The Kier molecular flexibility index (Phi) is 8.56. The van der Waals surface area contributed by atoms with Gasteiger partial charge in [-0.25, -0.2) is 0 Å². The fourth-order valence-electron chi connectivity index (χ4n) is 4.86. The molecule has 0 bridgehead atoms. The van der Waals surface area contributed by atoms with E-state index >= 15 is 0 Å². The Bertz CT molecular complexity index is 1230. The molecule has 7 heteroatoms. The second-order valence-electron chi connectivity index (χ2n) is 9.82. The van der Waals surface area contributed by atoms with E-state index in [1.54, 1.807) is 30.3 Å². The minimum absolute atomic E-state index is 0.0256. The number of anilines is 2. The third kappa shape index (κ3) is 6.97. The summed E-state index contributed by atoms with van der Waals surface area (Å²) in [4.78, 5) is 40.8. The Morgan fingerprint density at radius 2 is 1.38 bits per heavy atom. The van der Waals surface area contributed by atoms with Crippen molar-refractivity contribution in [3.05, 3.63) is 95.6 Å². The molecule has 4 rings (SSSR count). The van der Waals surface area contributed by atoms with Gasteiger partial charge >= 0.3 is 0 Å². The number of rotatable bonds is 8. The number of nitrogens with zero attached hydrogens (tertiary/aromatic N) is 1. The summed E-state index contributed by atoms with van der Waals surface area (Å²) >= 11 is 0. The second kappa shape index (κ2) is 12.2. The molecule has 1 saturated heterocycles. The number of hydrogen-bond donors (Lipinski definition) is 3. The average molecular weight is 499 g/mol. The van der Waals surface area contributed by atoms with Gasteiger partial charge in [0, 0.05) is 25.3 Å². The molecule has 3 aromatic carbocycles. The molecule has 3 amide bonds. The maximum Gasteiger partial charge on any atom is 0.255 e. The predicted molar refractivity (Wildman–Crippen MR) is 146 cm³/mol. The van der Waals surface area contributed by atoms with Crippen molar-refractivity contribution in [2.45, 2.75) is 26.8 Å². The van der Waals surface area contributed by atoms with Gasteiger partial charge in [-0.3, -0.25) is 14.4 Å². The molecule has 0 spiro atoms. The van der Waals surface area contributed by atoms with Crippen molar-refractivity contribution in [3.63, 3.8) is 0 Å². The summed E-state index contributed by atoms with van der Waals surface area (Å²) in [5.41, 5.74) is 2.97. The Labute approximate surface area is 218 Å². The van der Waals surface area contributed by atoms with Gasteiger partial charge < -0.3 is 20.9 Å². The van der Waals surface area contributed by atoms with Gasteiger partial charge in [0.1, 0.15) is 0 Å². The lowest BCUT2D eigenvalue weighted by molar-refractivity contribution is -0.114. The number of carbonyl (C=O) groups is 3. The minimum Gasteiger partial charge on any atom is -0.376 e. The summed E-state index contributed by atoms with van der Waals surface area (Å²) in [7, 11) is 0. The van der Waals surface area contributed by atoms with Crippen LogP contribution in [0.5, 0.6) is 0 Å². The first-order valence-corrected chi connectivity index (χ1v) is 12.7. The molecule has 3 aromatic rings. The number of para-hydroxylation sites is 2. The van der Waals surface area contributed by atoms with E-state index in [0.29, 0.717) is 40.9 Å². The summed E-state index contributed by atoms with van der Waals surface area (Å²) in [6.45, 7) is 6.16. The zero-order valence-electron chi connectivity index (χ0n) is 21.4. The van der Waals surface area contributed by atoms with Gasteiger partial charge in [0.05, 0.1) is 23.4 Å². The molecule has 2 atom stereocenters. The van der Waals surface area contributed by atoms with Crippen LogP contribution < -0.4 is 16.0 Å². The predicted octanol–water partition coefficient (Wildman–Crippen LogP) is 4.79. The van der Waals surface area contributed by atoms with E-state index < -0.39 is 0 Å². The molecule has 2 unspecified atom stereocenters. The SMILES string of the molecule is CC1CC(C)CN(C(=O)c2ccccc2NCC(=O)Nc2ccccc2C(=O)NCc2ccccc2)C1. The molecule has 3 N–H and O–H groups in total. The molecule has 1 fully saturated rings. The van der Waals surface area contributed by atoms with Crippen LogP contribution in [0.4, 0.5) is 11.4 Å². The zero-order valence-corrected chi connectivity index (χ0v) is 21.4. The van der Waals surface area contributed by atoms with Crippen molar-refractivity contribution in [2.24, 2.45) is 11.8 Å². The molecule has 0 aromatic heterocycles. The Hall–Kier alpha value is -4.13. The van der Waals surface area contributed by atoms with Crippen molar-refractivity contribution in [2.75, 3.05) is 30.3 Å². The van der Waals surface area contributed by atoms with E-state index in [9.17, 15) is 14.4 Å². The number of nitrogens with one attached hydrogen (secondary N) is 3. The highest BCUT2D eigenvalue weighted by molar-refractivity contribution is 6.05. The molecule has 1 heterocycles. The summed E-state index contributed by atoms with van der Waals surface area (Å²) < 4.78 is 0. The summed E-state index contributed by atoms with van der Waals surface area (Å²) in [6, 6.07) is 23.8. The first-order chi connectivity index (χ1) is 17.9. The first-order valence-electron chi connectivity index (χ1n) is 12.7. The van der Waals surface area contributed by atoms with E-state index in [1.807, 2.05) is 53.4 Å². The number of hydrogen-bond acceptors (Lipinski definition) is 4. The van der Waals surface area contributed by atoms with Gasteiger partial charge in [0.25, 0.3) is 11.8 Å². The Balaban J connectivity index is 1.38. The molecule has 0 radical (unpaired) electrons. The third-order valence-electron chi connectivity index (χ3n) is 6.49. The molecular formula is C30H34N4O3. The van der Waals surface area contributed by atoms with Crippen molar-refractivity contribution < 1.29 is 14.4 Å². The van der Waals surface area contributed by atoms with Gasteiger partial charge in [0.15, 0.2) is 0 Å². The lowest BCUT2D eigenvalue weighted by atomic mass is 9.91. The van der Waals surface area contributed by atoms with Gasteiger partial charge in [-0.1, -0.05) is 68.4 Å². The molecule has 1 aliphatic rings. The van der Waals surface area contributed by atoms with Crippen molar-refractivity contribution in [1.82, 2.24) is 10.2 Å². The molecular weight excluding hydrogens is 464 g/mol. The number of piperidine rings is 1. The van der Waals surface area contributed by atoms with E-state index in [2.05, 4.69) is 29.8 Å². The van der Waals surface area contributed by atoms with E-state index in [0.717, 1.165) is 25.1 Å². The van der Waals surface area contributed by atoms with Gasteiger partial charge in [-0.05, 0) is 48.1 Å². The van der Waals surface area contributed by atoms with Crippen LogP contribution >= 0.6 is 0 Å². The quantitative estimate of drug-likeness (QED) is 0.417. The van der Waals surface area contributed by atoms with Crippen LogP contribution in [0.15, 0.2) is 78.9 Å². The molecule has 192 valence electrons. The second-order valence-corrected chi connectivity index (χ2v) is 9.82. The number of benzene rings is 3. The maximum atomic E-state index is 13.3. The average Bonchev–Trinajstić information content (AvgIpc) is 2.90. The van der Waals surface area contributed by atoms with E-state index in [-0.39, 0.29) is 24.3 Å². The van der Waals surface area contributed by atoms with Crippen LogP contribution in [-0.4, -0.2) is 42.3 Å². The number of amides is 3. The first kappa shape index (κ1) is 25.9. The summed E-state index contributed by atoms with van der Waals surface area (Å²) in [5, 5.41) is 8.83. The van der Waals surface area contributed by atoms with Crippen LogP contribution in [0.3, 0.4) is 0 Å². The maximum absolute atomic E-state index is 13.3. The summed E-state index contributed by atoms with van der Waals surface area (Å²) in [6.07, 6.45) is 1.12. The third-order valence-corrected chi connectivity index (χ3v) is 6.49. The van der Waals surface area contributed by atoms with Crippen LogP contribution in [0, 0.1) is 11.8 Å². The molecule has 0 saturated carbocycles. The highest BCUT2D eigenvalue weighted by Gasteiger charge is 2.27. The normalized spacial score (nSPS) is 17.1. The van der Waals surface area contributed by atoms with Crippen LogP contribution in [0.2, 0.25) is 0 Å². The minimum atomic E-state index is -0.314. The summed E-state index contributed by atoms with van der Waals surface area (Å²) in [5.74, 6) is 0.314. The van der Waals surface area contributed by atoms with Crippen molar-refractivity contribution >= 4 is 29.1 Å². The fraction of sp³-hybridized carbons (Fsp3) is 0.300. The zero-order chi connectivity index (χ0) is 26.2. The number of likely N-dealkylation sites (tertiary alicyclic amines) is 1. The van der Waals surface area contributed by atoms with E-state index in [1.165, 1.54) is 0 Å². The topological polar surface area (TPSA) is 90.5 Å². The van der Waals surface area contributed by atoms with Crippen LogP contribution in [0.25, 0.3) is 0 Å². The Morgan fingerprint density at radius 3 is 2.08 bits per heavy atom. The lowest BCUT2D eigenvalue weighted by Crippen LogP contribution is -2.42. The van der Waals surface area contributed by atoms with Gasteiger partial charge in [0.2, 0.25) is 5.91 Å². The standard InChI is InChI=1S/C30H34N4O3/c1-21-16-22(2)20-34(19-21)30(37)25-13-7-8-14-26(25)31-18-28(35)33-27-15-9-6-12-24(27)29(36)32-17-23-10-4-3-5-11-23/h3-15,21-22,31H,16-20H2,1-2H3,(H,32,36)(H,33,35). The van der Waals surface area contributed by atoms with Crippen molar-refractivity contribution in [3.8, 4) is 0 Å². The lowest BCUT2D eigenvalue weighted by Gasteiger charge is -2.35. The molecule has 0 aliphatic carbocycles. The largest absolute Gasteiger partial charge is 0.376 e. The fourth-order valence-corrected chi connectivity index (χ4v) is 4.86. The monoisotopic (exact) mass is 498 g/mol. The van der Waals surface area contributed by atoms with Gasteiger partial charge in [-0.15, -0.1) is 0 Å². The smallest absolute Gasteiger partial charge is 0.255 e. The van der Waals surface area contributed by atoms with Crippen LogP contribution in [-0.2, 0) is 11.3 Å². The number of carbonyl (C=O) groups excluding carboxylic acids is 3. The highest BCUT2D eigenvalue weighted by Crippen LogP contribution is 2.25. The highest BCUT2D eigenvalue weighted by atomic mass is 16.2. The molecule has 7 nitrogen and oxygen atoms in total. The van der Waals surface area contributed by atoms with E-state index in [4.69, 9.17) is 0 Å².